The third-order valence-electron chi connectivity index (χ3n) is 3.61. The molecule has 1 heterocycles. The number of carbonyl (C=O) groups excluding carboxylic acids is 1. The molecule has 2 aromatic carbocycles. The smallest absolute Gasteiger partial charge is 0.352 e. The zero-order valence-corrected chi connectivity index (χ0v) is 13.7. The summed E-state index contributed by atoms with van der Waals surface area (Å²) in [7, 11) is 0. The lowest BCUT2D eigenvalue weighted by molar-refractivity contribution is -0.132. The number of aliphatic carboxylic acids is 1. The minimum atomic E-state index is -1.22. The van der Waals surface area contributed by atoms with E-state index in [2.05, 4.69) is 15.3 Å². The summed E-state index contributed by atoms with van der Waals surface area (Å²) in [5, 5.41) is 11.9. The van der Waals surface area contributed by atoms with Gasteiger partial charge in [-0.25, -0.2) is 14.8 Å². The molecule has 128 valence electrons. The van der Waals surface area contributed by atoms with Gasteiger partial charge in [-0.3, -0.25) is 4.79 Å². The molecular weight excluding hydrogens is 330 g/mol. The second kappa shape index (κ2) is 7.85. The Bertz CT molecular complexity index is 954. The Balaban J connectivity index is 1.88. The highest BCUT2D eigenvalue weighted by Crippen LogP contribution is 2.19. The quantitative estimate of drug-likeness (QED) is 0.694. The maximum Gasteiger partial charge on any atom is 0.352 e. The van der Waals surface area contributed by atoms with Crippen molar-refractivity contribution < 1.29 is 14.7 Å². The molecule has 0 bridgehead atoms. The molecule has 3 aromatic rings. The monoisotopic (exact) mass is 345 g/mol. The van der Waals surface area contributed by atoms with Gasteiger partial charge < -0.3 is 10.4 Å². The third-order valence-corrected chi connectivity index (χ3v) is 3.61. The van der Waals surface area contributed by atoms with Crippen molar-refractivity contribution in [3.63, 3.8) is 0 Å². The minimum Gasteiger partial charge on any atom is -0.477 e. The summed E-state index contributed by atoms with van der Waals surface area (Å²) in [6.07, 6.45) is 6.20. The van der Waals surface area contributed by atoms with Gasteiger partial charge in [0.25, 0.3) is 5.91 Å². The standard InChI is InChI=1S/C20H15N3O3/c24-19(15-6-2-1-3-7-15)23-18(20(25)26)10-14-5-4-8-16(9-14)17-11-21-13-22-12-17/h1-13H,(H,23,24)(H,25,26)/b18-10+. The molecule has 3 rings (SSSR count). The molecule has 0 aliphatic carbocycles. The fourth-order valence-corrected chi connectivity index (χ4v) is 2.36. The second-order valence-corrected chi connectivity index (χ2v) is 5.44. The number of nitrogens with one attached hydrogen (secondary N) is 1. The number of nitrogens with zero attached hydrogens (tertiary/aromatic N) is 2. The number of carboxylic acids is 1. The van der Waals surface area contributed by atoms with Crippen molar-refractivity contribution in [1.82, 2.24) is 15.3 Å². The van der Waals surface area contributed by atoms with E-state index in [4.69, 9.17) is 0 Å². The number of carbonyl (C=O) groups is 2. The Morgan fingerprint density at radius 3 is 2.35 bits per heavy atom. The van der Waals surface area contributed by atoms with Crippen molar-refractivity contribution in [2.45, 2.75) is 0 Å². The van der Waals surface area contributed by atoms with Gasteiger partial charge in [-0.15, -0.1) is 0 Å². The molecular formula is C20H15N3O3. The number of amides is 1. The van der Waals surface area contributed by atoms with Crippen molar-refractivity contribution in [2.24, 2.45) is 0 Å². The summed E-state index contributed by atoms with van der Waals surface area (Å²) in [6, 6.07) is 15.7. The van der Waals surface area contributed by atoms with E-state index in [9.17, 15) is 14.7 Å². The van der Waals surface area contributed by atoms with Gasteiger partial charge in [0.15, 0.2) is 0 Å². The van der Waals surface area contributed by atoms with Crippen LogP contribution in [0, 0.1) is 0 Å². The number of hydrogen-bond donors (Lipinski definition) is 2. The van der Waals surface area contributed by atoms with Crippen molar-refractivity contribution in [1.29, 1.82) is 0 Å². The van der Waals surface area contributed by atoms with Crippen LogP contribution in [0.4, 0.5) is 0 Å². The summed E-state index contributed by atoms with van der Waals surface area (Å²) >= 11 is 0. The van der Waals surface area contributed by atoms with E-state index in [1.54, 1.807) is 60.9 Å². The topological polar surface area (TPSA) is 92.2 Å². The predicted molar refractivity (Wildman–Crippen MR) is 97.0 cm³/mol. The first-order valence-electron chi connectivity index (χ1n) is 7.80. The largest absolute Gasteiger partial charge is 0.477 e. The average molecular weight is 345 g/mol. The highest BCUT2D eigenvalue weighted by Gasteiger charge is 2.13. The molecule has 0 radical (unpaired) electrons. The van der Waals surface area contributed by atoms with Crippen molar-refractivity contribution >= 4 is 18.0 Å². The summed E-state index contributed by atoms with van der Waals surface area (Å²) in [5.41, 5.74) is 2.47. The Kier molecular flexibility index (Phi) is 5.14. The zero-order chi connectivity index (χ0) is 18.4. The number of aromatic nitrogens is 2. The first-order valence-corrected chi connectivity index (χ1v) is 7.80. The van der Waals surface area contributed by atoms with Crippen LogP contribution in [0.25, 0.3) is 17.2 Å². The van der Waals surface area contributed by atoms with E-state index in [0.29, 0.717) is 11.1 Å². The highest BCUT2D eigenvalue weighted by atomic mass is 16.4. The number of rotatable bonds is 5. The molecule has 0 aliphatic rings. The minimum absolute atomic E-state index is 0.208. The van der Waals surface area contributed by atoms with Crippen LogP contribution >= 0.6 is 0 Å². The molecule has 0 saturated carbocycles. The molecule has 0 fully saturated rings. The fourth-order valence-electron chi connectivity index (χ4n) is 2.36. The third kappa shape index (κ3) is 4.18. The van der Waals surface area contributed by atoms with E-state index in [1.165, 1.54) is 12.4 Å². The molecule has 1 amide bonds. The first-order chi connectivity index (χ1) is 12.6. The zero-order valence-electron chi connectivity index (χ0n) is 13.7. The first kappa shape index (κ1) is 17.0. The number of benzene rings is 2. The Morgan fingerprint density at radius 1 is 0.923 bits per heavy atom. The van der Waals surface area contributed by atoms with E-state index in [-0.39, 0.29) is 5.70 Å². The molecule has 0 atom stereocenters. The Morgan fingerprint density at radius 2 is 1.65 bits per heavy atom. The normalized spacial score (nSPS) is 11.0. The lowest BCUT2D eigenvalue weighted by Crippen LogP contribution is -2.27. The fraction of sp³-hybridized carbons (Fsp3) is 0. The van der Waals surface area contributed by atoms with Gasteiger partial charge in [-0.05, 0) is 35.4 Å². The van der Waals surface area contributed by atoms with Gasteiger partial charge in [0.05, 0.1) is 0 Å². The van der Waals surface area contributed by atoms with E-state index in [0.717, 1.165) is 11.1 Å². The van der Waals surface area contributed by atoms with Gasteiger partial charge in [-0.2, -0.15) is 0 Å². The van der Waals surface area contributed by atoms with E-state index in [1.807, 2.05) is 6.07 Å². The molecule has 1 aromatic heterocycles. The van der Waals surface area contributed by atoms with Gasteiger partial charge >= 0.3 is 5.97 Å². The molecule has 0 unspecified atom stereocenters. The van der Waals surface area contributed by atoms with Crippen LogP contribution in [0.3, 0.4) is 0 Å². The summed E-state index contributed by atoms with van der Waals surface area (Å²) < 4.78 is 0. The Hall–Kier alpha value is -3.80. The van der Waals surface area contributed by atoms with Crippen molar-refractivity contribution in [3.8, 4) is 11.1 Å². The number of hydrogen-bond acceptors (Lipinski definition) is 4. The van der Waals surface area contributed by atoms with Crippen molar-refractivity contribution in [2.75, 3.05) is 0 Å². The lowest BCUT2D eigenvalue weighted by Gasteiger charge is -2.07. The Labute approximate surface area is 149 Å². The van der Waals surface area contributed by atoms with E-state index < -0.39 is 11.9 Å². The summed E-state index contributed by atoms with van der Waals surface area (Å²) in [6.45, 7) is 0. The lowest BCUT2D eigenvalue weighted by atomic mass is 10.1. The predicted octanol–water partition coefficient (Wildman–Crippen LogP) is 3.00. The van der Waals surface area contributed by atoms with Crippen LogP contribution < -0.4 is 5.32 Å². The molecule has 26 heavy (non-hydrogen) atoms. The molecule has 0 spiro atoms. The SMILES string of the molecule is O=C(O)/C(=C\c1cccc(-c2cncnc2)c1)NC(=O)c1ccccc1. The van der Waals surface area contributed by atoms with Crippen LogP contribution in [0.15, 0.2) is 79.0 Å². The van der Waals surface area contributed by atoms with Crippen LogP contribution in [0.2, 0.25) is 0 Å². The molecule has 2 N–H and O–H groups in total. The summed E-state index contributed by atoms with van der Waals surface area (Å²) in [4.78, 5) is 31.7. The van der Waals surface area contributed by atoms with Crippen LogP contribution in [-0.4, -0.2) is 27.0 Å². The molecule has 6 nitrogen and oxygen atoms in total. The average Bonchev–Trinajstić information content (AvgIpc) is 2.69. The van der Waals surface area contributed by atoms with Gasteiger partial charge in [0.1, 0.15) is 12.0 Å². The van der Waals surface area contributed by atoms with Gasteiger partial charge in [-0.1, -0.05) is 36.4 Å². The maximum atomic E-state index is 12.2. The van der Waals surface area contributed by atoms with Gasteiger partial charge in [0, 0.05) is 23.5 Å². The summed E-state index contributed by atoms with van der Waals surface area (Å²) in [5.74, 6) is -1.70. The van der Waals surface area contributed by atoms with Crippen LogP contribution in [-0.2, 0) is 4.79 Å². The molecule has 0 aliphatic heterocycles. The molecule has 0 saturated heterocycles. The van der Waals surface area contributed by atoms with Crippen LogP contribution in [0.5, 0.6) is 0 Å². The highest BCUT2D eigenvalue weighted by molar-refractivity contribution is 6.02. The van der Waals surface area contributed by atoms with Crippen molar-refractivity contribution in [3.05, 3.63) is 90.1 Å². The molecule has 6 heteroatoms. The van der Waals surface area contributed by atoms with Gasteiger partial charge in [0.2, 0.25) is 0 Å². The van der Waals surface area contributed by atoms with E-state index >= 15 is 0 Å². The second-order valence-electron chi connectivity index (χ2n) is 5.44. The maximum absolute atomic E-state index is 12.2. The van der Waals surface area contributed by atoms with Crippen LogP contribution in [0.1, 0.15) is 15.9 Å². The number of carboxylic acid groups (broad SMARTS) is 1.